The molecule has 2 unspecified atom stereocenters. The molecule has 3 rings (SSSR count). The van der Waals surface area contributed by atoms with Gasteiger partial charge in [-0.1, -0.05) is 18.6 Å². The van der Waals surface area contributed by atoms with Crippen LogP contribution in [0.4, 0.5) is 4.39 Å². The molecule has 2 saturated carbocycles. The molecule has 2 atom stereocenters. The highest BCUT2D eigenvalue weighted by Gasteiger charge is 2.31. The number of guanidine groups is 1. The molecule has 8 heteroatoms. The molecule has 1 aromatic carbocycles. The van der Waals surface area contributed by atoms with Gasteiger partial charge in [-0.2, -0.15) is 0 Å². The van der Waals surface area contributed by atoms with Crippen LogP contribution in [0.15, 0.2) is 34.2 Å². The van der Waals surface area contributed by atoms with E-state index in [9.17, 15) is 9.18 Å². The molecule has 5 nitrogen and oxygen atoms in total. The lowest BCUT2D eigenvalue weighted by atomic mass is 9.85. The van der Waals surface area contributed by atoms with Crippen LogP contribution in [0, 0.1) is 11.7 Å². The zero-order valence-electron chi connectivity index (χ0n) is 16.2. The first kappa shape index (κ1) is 23.3. The van der Waals surface area contributed by atoms with Gasteiger partial charge in [0.1, 0.15) is 5.82 Å². The number of carbonyl (C=O) groups is 1. The lowest BCUT2D eigenvalue weighted by molar-refractivity contribution is -0.126. The Morgan fingerprint density at radius 2 is 1.96 bits per heavy atom. The summed E-state index contributed by atoms with van der Waals surface area (Å²) in [6.07, 6.45) is 6.19. The number of amides is 1. The van der Waals surface area contributed by atoms with Crippen molar-refractivity contribution in [3.8, 4) is 0 Å². The van der Waals surface area contributed by atoms with E-state index in [2.05, 4.69) is 20.9 Å². The van der Waals surface area contributed by atoms with Crippen LogP contribution in [0.25, 0.3) is 0 Å². The van der Waals surface area contributed by atoms with E-state index in [0.717, 1.165) is 50.2 Å². The zero-order valence-corrected chi connectivity index (χ0v) is 19.4. The Hall–Kier alpha value is -1.03. The monoisotopic (exact) mass is 520 g/mol. The molecule has 156 valence electrons. The smallest absolute Gasteiger partial charge is 0.223 e. The standard InChI is InChI=1S/C20H29FN4OS.HI/c1-22-20(23-11-12-27-18-8-3-2-7-17(18)21)25-16-6-4-5-14(13-16)19(26)24-15-9-10-15;/h2-3,7-8,14-16H,4-6,9-13H2,1H3,(H,24,26)(H2,22,23,25);1H. The van der Waals surface area contributed by atoms with Crippen molar-refractivity contribution < 1.29 is 9.18 Å². The van der Waals surface area contributed by atoms with Gasteiger partial charge in [0.05, 0.1) is 0 Å². The molecular formula is C20H30FIN4OS. The molecular weight excluding hydrogens is 490 g/mol. The van der Waals surface area contributed by atoms with Gasteiger partial charge in [-0.05, 0) is 44.2 Å². The number of nitrogens with one attached hydrogen (secondary N) is 3. The summed E-state index contributed by atoms with van der Waals surface area (Å²) in [6.45, 7) is 0.691. The van der Waals surface area contributed by atoms with Crippen molar-refractivity contribution in [2.24, 2.45) is 10.9 Å². The van der Waals surface area contributed by atoms with Crippen LogP contribution in [0.5, 0.6) is 0 Å². The Labute approximate surface area is 188 Å². The highest BCUT2D eigenvalue weighted by atomic mass is 127. The van der Waals surface area contributed by atoms with Crippen molar-refractivity contribution >= 4 is 47.6 Å². The molecule has 1 amide bonds. The predicted octanol–water partition coefficient (Wildman–Crippen LogP) is 3.54. The summed E-state index contributed by atoms with van der Waals surface area (Å²) in [7, 11) is 1.75. The van der Waals surface area contributed by atoms with Crippen molar-refractivity contribution in [2.75, 3.05) is 19.3 Å². The van der Waals surface area contributed by atoms with E-state index < -0.39 is 0 Å². The van der Waals surface area contributed by atoms with E-state index in [1.165, 1.54) is 17.8 Å². The molecule has 2 aliphatic rings. The maximum absolute atomic E-state index is 13.6. The second kappa shape index (κ2) is 11.8. The highest BCUT2D eigenvalue weighted by Crippen LogP contribution is 2.26. The lowest BCUT2D eigenvalue weighted by Gasteiger charge is -2.30. The summed E-state index contributed by atoms with van der Waals surface area (Å²) in [5.41, 5.74) is 0. The molecule has 2 fully saturated rings. The van der Waals surface area contributed by atoms with Crippen molar-refractivity contribution in [2.45, 2.75) is 55.5 Å². The minimum Gasteiger partial charge on any atom is -0.356 e. The normalized spacial score (nSPS) is 22.1. The third-order valence-electron chi connectivity index (χ3n) is 5.02. The molecule has 2 aliphatic carbocycles. The number of thioether (sulfide) groups is 1. The lowest BCUT2D eigenvalue weighted by Crippen LogP contribution is -2.47. The Morgan fingerprint density at radius 1 is 1.18 bits per heavy atom. The number of benzene rings is 1. The van der Waals surface area contributed by atoms with Crippen molar-refractivity contribution in [1.82, 2.24) is 16.0 Å². The summed E-state index contributed by atoms with van der Waals surface area (Å²) in [4.78, 5) is 17.3. The quantitative estimate of drug-likeness (QED) is 0.169. The first-order valence-electron chi connectivity index (χ1n) is 9.80. The number of nitrogens with zero attached hydrogens (tertiary/aromatic N) is 1. The minimum atomic E-state index is -0.178. The van der Waals surface area contributed by atoms with Crippen molar-refractivity contribution in [3.05, 3.63) is 30.1 Å². The maximum atomic E-state index is 13.6. The minimum absolute atomic E-state index is 0. The Balaban J connectivity index is 0.00000280. The summed E-state index contributed by atoms with van der Waals surface area (Å²) >= 11 is 1.49. The molecule has 0 aliphatic heterocycles. The largest absolute Gasteiger partial charge is 0.356 e. The average molecular weight is 520 g/mol. The van der Waals surface area contributed by atoms with Crippen LogP contribution in [0.3, 0.4) is 0 Å². The Bertz CT molecular complexity index is 671. The summed E-state index contributed by atoms with van der Waals surface area (Å²) in [5.74, 6) is 1.64. The first-order chi connectivity index (χ1) is 13.2. The molecule has 0 spiro atoms. The Morgan fingerprint density at radius 3 is 2.68 bits per heavy atom. The fourth-order valence-electron chi connectivity index (χ4n) is 3.39. The number of hydrogen-bond donors (Lipinski definition) is 3. The highest BCUT2D eigenvalue weighted by molar-refractivity contribution is 14.0. The number of halogens is 2. The third kappa shape index (κ3) is 7.42. The van der Waals surface area contributed by atoms with Crippen LogP contribution in [-0.4, -0.2) is 43.3 Å². The van der Waals surface area contributed by atoms with Gasteiger partial charge < -0.3 is 16.0 Å². The molecule has 28 heavy (non-hydrogen) atoms. The van der Waals surface area contributed by atoms with E-state index in [4.69, 9.17) is 0 Å². The van der Waals surface area contributed by atoms with Crippen molar-refractivity contribution in [1.29, 1.82) is 0 Å². The van der Waals surface area contributed by atoms with E-state index >= 15 is 0 Å². The molecule has 0 bridgehead atoms. The Kier molecular flexibility index (Phi) is 9.84. The molecule has 1 aromatic rings. The van der Waals surface area contributed by atoms with Gasteiger partial charge in [0, 0.05) is 42.2 Å². The summed E-state index contributed by atoms with van der Waals surface area (Å²) in [5, 5.41) is 9.86. The third-order valence-corrected chi connectivity index (χ3v) is 6.07. The number of rotatable bonds is 7. The molecule has 0 radical (unpaired) electrons. The van der Waals surface area contributed by atoms with Crippen LogP contribution < -0.4 is 16.0 Å². The molecule has 0 aromatic heterocycles. The van der Waals surface area contributed by atoms with Gasteiger partial charge in [-0.3, -0.25) is 9.79 Å². The van der Waals surface area contributed by atoms with Gasteiger partial charge >= 0.3 is 0 Å². The van der Waals surface area contributed by atoms with Gasteiger partial charge in [0.25, 0.3) is 0 Å². The maximum Gasteiger partial charge on any atom is 0.223 e. The summed E-state index contributed by atoms with van der Waals surface area (Å²) < 4.78 is 13.6. The predicted molar refractivity (Wildman–Crippen MR) is 124 cm³/mol. The van der Waals surface area contributed by atoms with E-state index in [1.54, 1.807) is 19.2 Å². The number of aliphatic imine (C=N–C) groups is 1. The molecule has 0 heterocycles. The van der Waals surface area contributed by atoms with E-state index in [-0.39, 0.29) is 47.7 Å². The second-order valence-electron chi connectivity index (χ2n) is 7.27. The fraction of sp³-hybridized carbons (Fsp3) is 0.600. The zero-order chi connectivity index (χ0) is 19.1. The molecule has 0 saturated heterocycles. The van der Waals surface area contributed by atoms with E-state index in [0.29, 0.717) is 17.5 Å². The second-order valence-corrected chi connectivity index (χ2v) is 8.40. The van der Waals surface area contributed by atoms with Crippen LogP contribution in [0.2, 0.25) is 0 Å². The number of hydrogen-bond acceptors (Lipinski definition) is 3. The topological polar surface area (TPSA) is 65.5 Å². The number of carbonyl (C=O) groups excluding carboxylic acids is 1. The van der Waals surface area contributed by atoms with Crippen LogP contribution in [-0.2, 0) is 4.79 Å². The van der Waals surface area contributed by atoms with Crippen LogP contribution >= 0.6 is 35.7 Å². The SMILES string of the molecule is CN=C(NCCSc1ccccc1F)NC1CCCC(C(=O)NC2CC2)C1.I. The van der Waals surface area contributed by atoms with Gasteiger partial charge in [-0.15, -0.1) is 35.7 Å². The van der Waals surface area contributed by atoms with Gasteiger partial charge in [-0.25, -0.2) is 4.39 Å². The van der Waals surface area contributed by atoms with Gasteiger partial charge in [0.2, 0.25) is 5.91 Å². The fourth-order valence-corrected chi connectivity index (χ4v) is 4.19. The van der Waals surface area contributed by atoms with E-state index in [1.807, 2.05) is 6.07 Å². The van der Waals surface area contributed by atoms with Gasteiger partial charge in [0.15, 0.2) is 5.96 Å². The molecule has 3 N–H and O–H groups in total. The first-order valence-corrected chi connectivity index (χ1v) is 10.8. The van der Waals surface area contributed by atoms with Crippen LogP contribution in [0.1, 0.15) is 38.5 Å². The average Bonchev–Trinajstić information content (AvgIpc) is 3.49. The van der Waals surface area contributed by atoms with Crippen molar-refractivity contribution in [3.63, 3.8) is 0 Å². The summed E-state index contributed by atoms with van der Waals surface area (Å²) in [6, 6.07) is 7.51.